The van der Waals surface area contributed by atoms with Gasteiger partial charge in [-0.3, -0.25) is 14.9 Å². The third kappa shape index (κ3) is 3.63. The minimum absolute atomic E-state index is 0.359. The summed E-state index contributed by atoms with van der Waals surface area (Å²) in [7, 11) is 0. The first-order valence-corrected chi connectivity index (χ1v) is 9.49. The molecule has 2 aromatic rings. The zero-order chi connectivity index (χ0) is 16.4. The van der Waals surface area contributed by atoms with Gasteiger partial charge in [0.05, 0.1) is 18.4 Å². The number of ether oxygens (including phenoxy) is 1. The Labute approximate surface area is 147 Å². The van der Waals surface area contributed by atoms with Crippen molar-refractivity contribution in [1.29, 1.82) is 0 Å². The van der Waals surface area contributed by atoms with Crippen molar-refractivity contribution in [1.82, 2.24) is 14.9 Å². The molecule has 0 N–H and O–H groups in total. The van der Waals surface area contributed by atoms with Crippen molar-refractivity contribution < 1.29 is 4.74 Å². The van der Waals surface area contributed by atoms with Crippen molar-refractivity contribution in [3.8, 4) is 0 Å². The predicted molar refractivity (Wildman–Crippen MR) is 96.9 cm³/mol. The Hall–Kier alpha value is -1.43. The van der Waals surface area contributed by atoms with Gasteiger partial charge in [0.1, 0.15) is 0 Å². The van der Waals surface area contributed by atoms with Crippen LogP contribution in [0.2, 0.25) is 0 Å². The maximum atomic E-state index is 6.12. The normalized spacial score (nSPS) is 22.6. The Morgan fingerprint density at radius 3 is 3.00 bits per heavy atom. The molecule has 4 rings (SSSR count). The molecule has 1 atom stereocenters. The summed E-state index contributed by atoms with van der Waals surface area (Å²) in [6, 6.07) is 10.3. The smallest absolute Gasteiger partial charge is 0.0892 e. The second kappa shape index (κ2) is 6.82. The van der Waals surface area contributed by atoms with Crippen molar-refractivity contribution in [3.63, 3.8) is 0 Å². The van der Waals surface area contributed by atoms with Crippen molar-refractivity contribution in [3.05, 3.63) is 59.7 Å². The van der Waals surface area contributed by atoms with E-state index in [9.17, 15) is 0 Å². The molecule has 0 saturated carbocycles. The van der Waals surface area contributed by atoms with E-state index in [0.29, 0.717) is 17.5 Å². The van der Waals surface area contributed by atoms with Gasteiger partial charge in [-0.1, -0.05) is 12.1 Å². The molecule has 2 aromatic heterocycles. The van der Waals surface area contributed by atoms with Crippen molar-refractivity contribution in [2.75, 3.05) is 18.8 Å². The van der Waals surface area contributed by atoms with Gasteiger partial charge in [-0.15, -0.1) is 11.8 Å². The molecular formula is C19H23N3OS. The molecule has 1 spiro atoms. The quantitative estimate of drug-likeness (QED) is 0.836. The Morgan fingerprint density at radius 2 is 2.21 bits per heavy atom. The van der Waals surface area contributed by atoms with Crippen LogP contribution in [-0.4, -0.2) is 44.6 Å². The summed E-state index contributed by atoms with van der Waals surface area (Å²) >= 11 is 2.09. The molecule has 0 aliphatic carbocycles. The average molecular weight is 341 g/mol. The maximum absolute atomic E-state index is 6.12. The number of hydrogen-bond acceptors (Lipinski definition) is 5. The van der Waals surface area contributed by atoms with Crippen LogP contribution in [0.25, 0.3) is 0 Å². The molecule has 5 heteroatoms. The number of likely N-dealkylation sites (tertiary alicyclic amines) is 1. The number of thioether (sulfide) groups is 1. The summed E-state index contributed by atoms with van der Waals surface area (Å²) in [5, 5.41) is 0. The third-order valence-electron chi connectivity index (χ3n) is 4.74. The van der Waals surface area contributed by atoms with Gasteiger partial charge in [0.2, 0.25) is 0 Å². The van der Waals surface area contributed by atoms with Crippen LogP contribution in [-0.2, 0) is 17.9 Å². The molecule has 2 saturated heterocycles. The standard InChI is InChI=1S/C19H23N3OS/c1-15-4-2-6-17(21-15)11-23-18-8-19(24-12-18)13-22(14-19)10-16-5-3-7-20-9-16/h2-7,9,18H,8,10-14H2,1H3/t18-/m1/s1. The van der Waals surface area contributed by atoms with Gasteiger partial charge in [-0.25, -0.2) is 0 Å². The van der Waals surface area contributed by atoms with E-state index in [1.165, 1.54) is 5.56 Å². The molecule has 0 bridgehead atoms. The molecule has 4 nitrogen and oxygen atoms in total. The molecule has 2 aliphatic heterocycles. The molecule has 0 amide bonds. The van der Waals surface area contributed by atoms with Crippen LogP contribution in [0.1, 0.15) is 23.4 Å². The van der Waals surface area contributed by atoms with Gasteiger partial charge in [0.25, 0.3) is 0 Å². The molecule has 0 unspecified atom stereocenters. The van der Waals surface area contributed by atoms with E-state index < -0.39 is 0 Å². The zero-order valence-corrected chi connectivity index (χ0v) is 14.8. The summed E-state index contributed by atoms with van der Waals surface area (Å²) in [6.45, 7) is 5.98. The molecule has 2 aliphatic rings. The number of nitrogens with zero attached hydrogens (tertiary/aromatic N) is 3. The van der Waals surface area contributed by atoms with E-state index in [4.69, 9.17) is 4.74 Å². The number of hydrogen-bond donors (Lipinski definition) is 0. The van der Waals surface area contributed by atoms with Gasteiger partial charge in [-0.2, -0.15) is 0 Å². The number of rotatable bonds is 5. The minimum Gasteiger partial charge on any atom is -0.371 e. The highest BCUT2D eigenvalue weighted by atomic mass is 32.2. The fraction of sp³-hybridized carbons (Fsp3) is 0.474. The van der Waals surface area contributed by atoms with Gasteiger partial charge < -0.3 is 4.74 Å². The first-order chi connectivity index (χ1) is 11.7. The summed E-state index contributed by atoms with van der Waals surface area (Å²) in [5.74, 6) is 1.10. The van der Waals surface area contributed by atoms with Crippen molar-refractivity contribution >= 4 is 11.8 Å². The van der Waals surface area contributed by atoms with Crippen molar-refractivity contribution in [2.45, 2.75) is 37.3 Å². The minimum atomic E-state index is 0.359. The lowest BCUT2D eigenvalue weighted by Crippen LogP contribution is -2.58. The zero-order valence-electron chi connectivity index (χ0n) is 14.0. The van der Waals surface area contributed by atoms with E-state index in [2.05, 4.69) is 32.7 Å². The largest absolute Gasteiger partial charge is 0.371 e. The van der Waals surface area contributed by atoms with Gasteiger partial charge >= 0.3 is 0 Å². The van der Waals surface area contributed by atoms with Gasteiger partial charge in [0, 0.05) is 48.2 Å². The lowest BCUT2D eigenvalue weighted by Gasteiger charge is -2.47. The number of pyridine rings is 2. The molecule has 2 fully saturated rings. The molecule has 0 aromatic carbocycles. The maximum Gasteiger partial charge on any atom is 0.0892 e. The van der Waals surface area contributed by atoms with E-state index in [1.54, 1.807) is 0 Å². The molecule has 24 heavy (non-hydrogen) atoms. The first-order valence-electron chi connectivity index (χ1n) is 8.50. The topological polar surface area (TPSA) is 38.2 Å². The Bertz CT molecular complexity index is 688. The average Bonchev–Trinajstić information content (AvgIpc) is 2.98. The van der Waals surface area contributed by atoms with Gasteiger partial charge in [-0.05, 0) is 37.1 Å². The molecule has 126 valence electrons. The van der Waals surface area contributed by atoms with Crippen LogP contribution in [0.5, 0.6) is 0 Å². The highest BCUT2D eigenvalue weighted by Gasteiger charge is 2.49. The van der Waals surface area contributed by atoms with E-state index in [-0.39, 0.29) is 0 Å². The van der Waals surface area contributed by atoms with Crippen LogP contribution in [0.4, 0.5) is 0 Å². The highest BCUT2D eigenvalue weighted by molar-refractivity contribution is 8.01. The van der Waals surface area contributed by atoms with E-state index in [0.717, 1.165) is 43.2 Å². The van der Waals surface area contributed by atoms with Crippen LogP contribution in [0.3, 0.4) is 0 Å². The monoisotopic (exact) mass is 341 g/mol. The summed E-state index contributed by atoms with van der Waals surface area (Å²) in [5.41, 5.74) is 3.39. The highest BCUT2D eigenvalue weighted by Crippen LogP contribution is 2.46. The molecular weight excluding hydrogens is 318 g/mol. The Morgan fingerprint density at radius 1 is 1.29 bits per heavy atom. The van der Waals surface area contributed by atoms with Crippen molar-refractivity contribution in [2.24, 2.45) is 0 Å². The number of aromatic nitrogens is 2. The lowest BCUT2D eigenvalue weighted by molar-refractivity contribution is 0.0250. The van der Waals surface area contributed by atoms with Crippen LogP contribution >= 0.6 is 11.8 Å². The third-order valence-corrected chi connectivity index (χ3v) is 6.32. The van der Waals surface area contributed by atoms with Gasteiger partial charge in [0.15, 0.2) is 0 Å². The van der Waals surface area contributed by atoms with Crippen LogP contribution < -0.4 is 0 Å². The lowest BCUT2D eigenvalue weighted by atomic mass is 9.92. The second-order valence-corrected chi connectivity index (χ2v) is 8.40. The van der Waals surface area contributed by atoms with Crippen LogP contribution in [0.15, 0.2) is 42.7 Å². The Kier molecular flexibility index (Phi) is 4.57. The fourth-order valence-corrected chi connectivity index (χ4v) is 5.25. The second-order valence-electron chi connectivity index (χ2n) is 6.91. The number of aryl methyl sites for hydroxylation is 1. The summed E-state index contributed by atoms with van der Waals surface area (Å²) in [6.07, 6.45) is 5.32. The Balaban J connectivity index is 1.24. The fourth-order valence-electron chi connectivity index (χ4n) is 3.64. The van der Waals surface area contributed by atoms with E-state index >= 15 is 0 Å². The predicted octanol–water partition coefficient (Wildman–Crippen LogP) is 3.06. The molecule has 0 radical (unpaired) electrons. The molecule has 4 heterocycles. The van der Waals surface area contributed by atoms with E-state index in [1.807, 2.05) is 43.6 Å². The van der Waals surface area contributed by atoms with Crippen LogP contribution in [0, 0.1) is 6.92 Å². The SMILES string of the molecule is Cc1cccc(CO[C@H]2CSC3(C2)CN(Cc2cccnc2)C3)n1. The summed E-state index contributed by atoms with van der Waals surface area (Å²) in [4.78, 5) is 11.2. The summed E-state index contributed by atoms with van der Waals surface area (Å²) < 4.78 is 6.53. The first kappa shape index (κ1) is 16.1.